The van der Waals surface area contributed by atoms with Gasteiger partial charge >= 0.3 is 0 Å². The predicted molar refractivity (Wildman–Crippen MR) is 50.8 cm³/mol. The van der Waals surface area contributed by atoms with Crippen LogP contribution in [0.3, 0.4) is 0 Å². The van der Waals surface area contributed by atoms with Gasteiger partial charge in [0, 0.05) is 12.0 Å². The van der Waals surface area contributed by atoms with Crippen molar-refractivity contribution < 1.29 is 18.0 Å². The first-order valence-electron chi connectivity index (χ1n) is 4.18. The molecule has 82 valence electrons. The van der Waals surface area contributed by atoms with Crippen molar-refractivity contribution in [2.45, 2.75) is 12.8 Å². The molecule has 15 heavy (non-hydrogen) atoms. The van der Waals surface area contributed by atoms with Crippen molar-refractivity contribution in [1.29, 1.82) is 0 Å². The molecule has 0 aromatic heterocycles. The molecule has 0 N–H and O–H groups in total. The smallest absolute Gasteiger partial charge is 0.264 e. The highest BCUT2D eigenvalue weighted by Crippen LogP contribution is 2.24. The molecule has 0 saturated heterocycles. The molecule has 0 atom stereocenters. The average Bonchev–Trinajstić information content (AvgIpc) is 2.20. The fraction of sp³-hybridized carbons (Fsp3) is 0.300. The molecule has 0 aliphatic rings. The minimum atomic E-state index is -2.79. The van der Waals surface area contributed by atoms with Gasteiger partial charge in [0.05, 0.1) is 5.88 Å². The fourth-order valence-electron chi connectivity index (χ4n) is 1.19. The molecule has 1 aromatic carbocycles. The third kappa shape index (κ3) is 3.23. The number of ketones is 1. The van der Waals surface area contributed by atoms with Gasteiger partial charge in [0.15, 0.2) is 5.78 Å². The van der Waals surface area contributed by atoms with Crippen LogP contribution in [-0.4, -0.2) is 11.7 Å². The average molecular weight is 237 g/mol. The second-order valence-electron chi connectivity index (χ2n) is 2.99. The molecule has 5 heteroatoms. The predicted octanol–water partition coefficient (Wildman–Crippen LogP) is 3.11. The van der Waals surface area contributed by atoms with Gasteiger partial charge in [0.1, 0.15) is 5.82 Å². The van der Waals surface area contributed by atoms with E-state index < -0.39 is 17.8 Å². The van der Waals surface area contributed by atoms with E-state index >= 15 is 0 Å². The van der Waals surface area contributed by atoms with Crippen LogP contribution in [-0.2, 0) is 11.2 Å². The third-order valence-corrected chi connectivity index (χ3v) is 2.18. The zero-order valence-corrected chi connectivity index (χ0v) is 8.40. The van der Waals surface area contributed by atoms with Gasteiger partial charge in [0.2, 0.25) is 0 Å². The molecule has 0 fully saturated rings. The number of rotatable bonds is 4. The van der Waals surface area contributed by atoms with E-state index in [-0.39, 0.29) is 23.6 Å². The minimum Gasteiger partial charge on any atom is -0.298 e. The number of halogens is 4. The summed E-state index contributed by atoms with van der Waals surface area (Å²) in [6, 6.07) is 2.96. The van der Waals surface area contributed by atoms with Gasteiger partial charge in [-0.1, -0.05) is 6.07 Å². The third-order valence-electron chi connectivity index (χ3n) is 1.88. The van der Waals surface area contributed by atoms with Crippen LogP contribution in [0.15, 0.2) is 18.2 Å². The van der Waals surface area contributed by atoms with Gasteiger partial charge in [-0.05, 0) is 17.7 Å². The van der Waals surface area contributed by atoms with Crippen LogP contribution in [0.2, 0.25) is 0 Å². The van der Waals surface area contributed by atoms with E-state index in [2.05, 4.69) is 0 Å². The summed E-state index contributed by atoms with van der Waals surface area (Å²) in [7, 11) is 0. The second kappa shape index (κ2) is 5.16. The first-order valence-corrected chi connectivity index (χ1v) is 4.72. The zero-order chi connectivity index (χ0) is 11.4. The maximum Gasteiger partial charge on any atom is 0.264 e. The molecule has 0 heterocycles. The summed E-state index contributed by atoms with van der Waals surface area (Å²) < 4.78 is 37.6. The second-order valence-corrected chi connectivity index (χ2v) is 3.26. The lowest BCUT2D eigenvalue weighted by Gasteiger charge is -2.07. The largest absolute Gasteiger partial charge is 0.298 e. The monoisotopic (exact) mass is 236 g/mol. The van der Waals surface area contributed by atoms with Gasteiger partial charge in [-0.25, -0.2) is 13.2 Å². The van der Waals surface area contributed by atoms with E-state index in [1.165, 1.54) is 6.07 Å². The zero-order valence-electron chi connectivity index (χ0n) is 7.64. The van der Waals surface area contributed by atoms with E-state index in [1.807, 2.05) is 0 Å². The highest BCUT2D eigenvalue weighted by Gasteiger charge is 2.15. The SMILES string of the molecule is O=C(CCl)Cc1ccc(F)cc1C(F)F. The number of benzene rings is 1. The van der Waals surface area contributed by atoms with E-state index in [4.69, 9.17) is 11.6 Å². The van der Waals surface area contributed by atoms with Crippen molar-refractivity contribution in [2.24, 2.45) is 0 Å². The van der Waals surface area contributed by atoms with E-state index in [9.17, 15) is 18.0 Å². The Labute approximate surface area is 89.9 Å². The minimum absolute atomic E-state index is 0.122. The first-order chi connectivity index (χ1) is 7.04. The Morgan fingerprint density at radius 2 is 2.07 bits per heavy atom. The van der Waals surface area contributed by atoms with Crippen LogP contribution in [0.4, 0.5) is 13.2 Å². The lowest BCUT2D eigenvalue weighted by molar-refractivity contribution is -0.116. The maximum atomic E-state index is 12.7. The Bertz CT molecular complexity index is 366. The summed E-state index contributed by atoms with van der Waals surface area (Å²) in [5.74, 6) is -1.35. The van der Waals surface area contributed by atoms with Crippen LogP contribution in [0, 0.1) is 5.82 Å². The van der Waals surface area contributed by atoms with Gasteiger partial charge in [-0.2, -0.15) is 0 Å². The van der Waals surface area contributed by atoms with Gasteiger partial charge in [-0.3, -0.25) is 4.79 Å². The Morgan fingerprint density at radius 1 is 1.40 bits per heavy atom. The topological polar surface area (TPSA) is 17.1 Å². The summed E-state index contributed by atoms with van der Waals surface area (Å²) in [4.78, 5) is 11.0. The van der Waals surface area contributed by atoms with E-state index in [0.29, 0.717) is 0 Å². The highest BCUT2D eigenvalue weighted by molar-refractivity contribution is 6.27. The van der Waals surface area contributed by atoms with Crippen molar-refractivity contribution in [1.82, 2.24) is 0 Å². The van der Waals surface area contributed by atoms with Crippen molar-refractivity contribution in [3.8, 4) is 0 Å². The van der Waals surface area contributed by atoms with Crippen molar-refractivity contribution >= 4 is 17.4 Å². The van der Waals surface area contributed by atoms with E-state index in [1.54, 1.807) is 0 Å². The molecular formula is C10H8ClF3O. The highest BCUT2D eigenvalue weighted by atomic mass is 35.5. The fourth-order valence-corrected chi connectivity index (χ4v) is 1.28. The van der Waals surface area contributed by atoms with Crippen LogP contribution < -0.4 is 0 Å². The summed E-state index contributed by atoms with van der Waals surface area (Å²) in [6.45, 7) is 0. The number of carbonyl (C=O) groups is 1. The molecule has 0 saturated carbocycles. The molecule has 0 spiro atoms. The number of hydrogen-bond donors (Lipinski definition) is 0. The molecule has 1 rings (SSSR count). The standard InChI is InChI=1S/C10H8ClF3O/c11-5-8(15)3-6-1-2-7(12)4-9(6)10(13)14/h1-2,4,10H,3,5H2. The number of alkyl halides is 3. The van der Waals surface area contributed by atoms with Crippen LogP contribution in [0.25, 0.3) is 0 Å². The lowest BCUT2D eigenvalue weighted by Crippen LogP contribution is -2.07. The molecule has 0 unspecified atom stereocenters. The Morgan fingerprint density at radius 3 is 2.60 bits per heavy atom. The quantitative estimate of drug-likeness (QED) is 0.734. The summed E-state index contributed by atoms with van der Waals surface area (Å²) >= 11 is 5.25. The van der Waals surface area contributed by atoms with Crippen molar-refractivity contribution in [3.05, 3.63) is 35.1 Å². The summed E-state index contributed by atoms with van der Waals surface area (Å²) in [5.41, 5.74) is -0.328. The molecule has 1 aromatic rings. The molecule has 0 amide bonds. The van der Waals surface area contributed by atoms with Gasteiger partial charge < -0.3 is 0 Å². The maximum absolute atomic E-state index is 12.7. The molecule has 0 bridgehead atoms. The van der Waals surface area contributed by atoms with Crippen LogP contribution >= 0.6 is 11.6 Å². The molecule has 0 aliphatic carbocycles. The number of hydrogen-bond acceptors (Lipinski definition) is 1. The lowest BCUT2D eigenvalue weighted by atomic mass is 10.0. The molecule has 0 aliphatic heterocycles. The molecule has 0 radical (unpaired) electrons. The Kier molecular flexibility index (Phi) is 4.15. The van der Waals surface area contributed by atoms with Gasteiger partial charge in [0.25, 0.3) is 6.43 Å². The first kappa shape index (κ1) is 12.0. The van der Waals surface area contributed by atoms with E-state index in [0.717, 1.165) is 12.1 Å². The number of Topliss-reactive ketones (excluding diaryl/α,β-unsaturated/α-hetero) is 1. The van der Waals surface area contributed by atoms with Crippen molar-refractivity contribution in [2.75, 3.05) is 5.88 Å². The Hall–Kier alpha value is -1.03. The van der Waals surface area contributed by atoms with Crippen LogP contribution in [0.1, 0.15) is 17.6 Å². The normalized spacial score (nSPS) is 10.7. The van der Waals surface area contributed by atoms with Crippen LogP contribution in [0.5, 0.6) is 0 Å². The Balaban J connectivity index is 3.00. The molecule has 1 nitrogen and oxygen atoms in total. The number of carbonyl (C=O) groups excluding carboxylic acids is 1. The van der Waals surface area contributed by atoms with Crippen molar-refractivity contribution in [3.63, 3.8) is 0 Å². The summed E-state index contributed by atoms with van der Waals surface area (Å²) in [6.07, 6.45) is -2.98. The molecular weight excluding hydrogens is 229 g/mol. The summed E-state index contributed by atoms with van der Waals surface area (Å²) in [5, 5.41) is 0. The van der Waals surface area contributed by atoms with Gasteiger partial charge in [-0.15, -0.1) is 11.6 Å².